The van der Waals surface area contributed by atoms with Crippen LogP contribution in [0, 0.1) is 12.8 Å². The van der Waals surface area contributed by atoms with E-state index in [-0.39, 0.29) is 10.8 Å². The van der Waals surface area contributed by atoms with Crippen molar-refractivity contribution in [3.05, 3.63) is 59.2 Å². The third kappa shape index (κ3) is 4.68. The molecule has 31 heavy (non-hydrogen) atoms. The van der Waals surface area contributed by atoms with Gasteiger partial charge in [0.05, 0.1) is 16.3 Å². The lowest BCUT2D eigenvalue weighted by Gasteiger charge is -2.30. The normalized spacial score (nSPS) is 17.4. The van der Waals surface area contributed by atoms with E-state index in [4.69, 9.17) is 0 Å². The van der Waals surface area contributed by atoms with E-state index >= 15 is 0 Å². The molecule has 0 bridgehead atoms. The van der Waals surface area contributed by atoms with Crippen LogP contribution in [0.2, 0.25) is 0 Å². The fourth-order valence-corrected chi connectivity index (χ4v) is 6.15. The molecule has 0 radical (unpaired) electrons. The Morgan fingerprint density at radius 1 is 1.19 bits per heavy atom. The molecule has 1 fully saturated rings. The van der Waals surface area contributed by atoms with Gasteiger partial charge in [-0.2, -0.15) is 4.31 Å². The third-order valence-electron chi connectivity index (χ3n) is 5.26. The number of carbonyl (C=O) groups excluding carboxylic acids is 1. The molecule has 2 aromatic heterocycles. The van der Waals surface area contributed by atoms with Gasteiger partial charge in [-0.25, -0.2) is 13.4 Å². The van der Waals surface area contributed by atoms with E-state index in [1.165, 1.54) is 11.3 Å². The number of nitrogens with one attached hydrogen (secondary N) is 1. The van der Waals surface area contributed by atoms with Crippen molar-refractivity contribution in [3.8, 4) is 10.7 Å². The van der Waals surface area contributed by atoms with Crippen molar-refractivity contribution in [3.63, 3.8) is 0 Å². The van der Waals surface area contributed by atoms with E-state index < -0.39 is 10.0 Å². The minimum Gasteiger partial charge on any atom is -0.321 e. The predicted molar refractivity (Wildman–Crippen MR) is 122 cm³/mol. The predicted octanol–water partition coefficient (Wildman–Crippen LogP) is 4.19. The summed E-state index contributed by atoms with van der Waals surface area (Å²) in [6.07, 6.45) is 3.62. The number of rotatable bonds is 5. The number of sulfonamides is 1. The molecule has 0 spiro atoms. The van der Waals surface area contributed by atoms with E-state index in [0.29, 0.717) is 40.3 Å². The SMILES string of the molecule is Cc1nc(-c2ccccn2)sc1C(=O)Nc1ccc(S(=O)(=O)N2CCCC(C)C2)cc1. The molecule has 0 saturated carbocycles. The zero-order valence-corrected chi connectivity index (χ0v) is 19.0. The zero-order chi connectivity index (χ0) is 22.0. The van der Waals surface area contributed by atoms with Gasteiger partial charge in [-0.15, -0.1) is 11.3 Å². The van der Waals surface area contributed by atoms with Crippen LogP contribution in [0.1, 0.15) is 35.1 Å². The average Bonchev–Trinajstić information content (AvgIpc) is 3.16. The first-order valence-corrected chi connectivity index (χ1v) is 12.4. The van der Waals surface area contributed by atoms with Crippen molar-refractivity contribution in [2.45, 2.75) is 31.6 Å². The van der Waals surface area contributed by atoms with Gasteiger partial charge in [0.1, 0.15) is 9.88 Å². The molecule has 3 heterocycles. The molecule has 1 aliphatic rings. The van der Waals surface area contributed by atoms with Gasteiger partial charge in [0.2, 0.25) is 10.0 Å². The molecule has 1 unspecified atom stereocenters. The molecule has 1 amide bonds. The van der Waals surface area contributed by atoms with Crippen LogP contribution in [0.15, 0.2) is 53.6 Å². The van der Waals surface area contributed by atoms with Crippen LogP contribution in [-0.2, 0) is 10.0 Å². The number of piperidine rings is 1. The summed E-state index contributed by atoms with van der Waals surface area (Å²) in [6, 6.07) is 11.9. The topological polar surface area (TPSA) is 92.3 Å². The van der Waals surface area contributed by atoms with Crippen LogP contribution in [0.3, 0.4) is 0 Å². The number of anilines is 1. The van der Waals surface area contributed by atoms with Gasteiger partial charge < -0.3 is 5.32 Å². The second-order valence-electron chi connectivity index (χ2n) is 7.74. The summed E-state index contributed by atoms with van der Waals surface area (Å²) in [7, 11) is -3.52. The molecule has 3 aromatic rings. The largest absolute Gasteiger partial charge is 0.321 e. The maximum atomic E-state index is 12.9. The smallest absolute Gasteiger partial charge is 0.267 e. The number of hydrogen-bond donors (Lipinski definition) is 1. The Morgan fingerprint density at radius 3 is 2.65 bits per heavy atom. The number of pyridine rings is 1. The van der Waals surface area contributed by atoms with Crippen LogP contribution in [-0.4, -0.2) is 41.7 Å². The molecule has 4 rings (SSSR count). The van der Waals surface area contributed by atoms with Gasteiger partial charge in [-0.3, -0.25) is 9.78 Å². The molecule has 1 atom stereocenters. The summed E-state index contributed by atoms with van der Waals surface area (Å²) >= 11 is 1.28. The summed E-state index contributed by atoms with van der Waals surface area (Å²) in [5, 5.41) is 3.51. The molecule has 7 nitrogen and oxygen atoms in total. The van der Waals surface area contributed by atoms with Crippen molar-refractivity contribution < 1.29 is 13.2 Å². The van der Waals surface area contributed by atoms with E-state index in [1.54, 1.807) is 41.7 Å². The van der Waals surface area contributed by atoms with Gasteiger partial charge in [-0.1, -0.05) is 13.0 Å². The number of aryl methyl sites for hydroxylation is 1. The Labute approximate surface area is 186 Å². The number of nitrogens with zero attached hydrogens (tertiary/aromatic N) is 3. The molecule has 1 aliphatic heterocycles. The van der Waals surface area contributed by atoms with Crippen molar-refractivity contribution in [2.24, 2.45) is 5.92 Å². The first kappa shape index (κ1) is 21.6. The second-order valence-corrected chi connectivity index (χ2v) is 10.7. The molecule has 1 N–H and O–H groups in total. The third-order valence-corrected chi connectivity index (χ3v) is 8.31. The van der Waals surface area contributed by atoms with E-state index in [9.17, 15) is 13.2 Å². The van der Waals surface area contributed by atoms with Crippen molar-refractivity contribution in [2.75, 3.05) is 18.4 Å². The van der Waals surface area contributed by atoms with Crippen molar-refractivity contribution in [1.82, 2.24) is 14.3 Å². The molecular formula is C22H24N4O3S2. The van der Waals surface area contributed by atoms with Gasteiger partial charge in [0, 0.05) is 25.0 Å². The summed E-state index contributed by atoms with van der Waals surface area (Å²) in [5.74, 6) is 0.0818. The van der Waals surface area contributed by atoms with E-state index in [1.807, 2.05) is 18.2 Å². The van der Waals surface area contributed by atoms with Crippen molar-refractivity contribution in [1.29, 1.82) is 0 Å². The van der Waals surface area contributed by atoms with Gasteiger partial charge in [0.25, 0.3) is 5.91 Å². The van der Waals surface area contributed by atoms with E-state index in [2.05, 4.69) is 22.2 Å². The number of carbonyl (C=O) groups is 1. The van der Waals surface area contributed by atoms with Crippen LogP contribution in [0.25, 0.3) is 10.7 Å². The summed E-state index contributed by atoms with van der Waals surface area (Å²) in [4.78, 5) is 22.2. The van der Waals surface area contributed by atoms with Crippen LogP contribution >= 0.6 is 11.3 Å². The fraction of sp³-hybridized carbons (Fsp3) is 0.318. The van der Waals surface area contributed by atoms with Crippen LogP contribution in [0.5, 0.6) is 0 Å². The Kier molecular flexibility index (Phi) is 6.17. The number of hydrogen-bond acceptors (Lipinski definition) is 6. The minimum absolute atomic E-state index is 0.242. The average molecular weight is 457 g/mol. The first-order valence-electron chi connectivity index (χ1n) is 10.1. The molecular weight excluding hydrogens is 432 g/mol. The fourth-order valence-electron chi connectivity index (χ4n) is 3.62. The number of benzene rings is 1. The highest BCUT2D eigenvalue weighted by Gasteiger charge is 2.28. The van der Waals surface area contributed by atoms with Crippen LogP contribution < -0.4 is 5.32 Å². The molecule has 1 saturated heterocycles. The first-order chi connectivity index (χ1) is 14.8. The maximum Gasteiger partial charge on any atom is 0.267 e. The van der Waals surface area contributed by atoms with Crippen LogP contribution in [0.4, 0.5) is 5.69 Å². The summed E-state index contributed by atoms with van der Waals surface area (Å²) in [5.41, 5.74) is 1.88. The lowest BCUT2D eigenvalue weighted by Crippen LogP contribution is -2.39. The van der Waals surface area contributed by atoms with Gasteiger partial charge >= 0.3 is 0 Å². The summed E-state index contributed by atoms with van der Waals surface area (Å²) in [6.45, 7) is 4.95. The Bertz CT molecular complexity index is 1180. The second kappa shape index (κ2) is 8.86. The monoisotopic (exact) mass is 456 g/mol. The molecule has 0 aliphatic carbocycles. The van der Waals surface area contributed by atoms with Crippen molar-refractivity contribution >= 4 is 33.0 Å². The zero-order valence-electron chi connectivity index (χ0n) is 17.4. The van der Waals surface area contributed by atoms with Gasteiger partial charge in [-0.05, 0) is 62.1 Å². The number of amides is 1. The molecule has 162 valence electrons. The minimum atomic E-state index is -3.52. The summed E-state index contributed by atoms with van der Waals surface area (Å²) < 4.78 is 27.3. The Morgan fingerprint density at radius 2 is 1.97 bits per heavy atom. The Balaban J connectivity index is 1.48. The van der Waals surface area contributed by atoms with E-state index in [0.717, 1.165) is 18.5 Å². The van der Waals surface area contributed by atoms with Gasteiger partial charge in [0.15, 0.2) is 0 Å². The lowest BCUT2D eigenvalue weighted by atomic mass is 10.0. The highest BCUT2D eigenvalue weighted by molar-refractivity contribution is 7.89. The Hall–Kier alpha value is -2.62. The maximum absolute atomic E-state index is 12.9. The molecule has 1 aromatic carbocycles. The highest BCUT2D eigenvalue weighted by Crippen LogP contribution is 2.28. The lowest BCUT2D eigenvalue weighted by molar-refractivity contribution is 0.103. The number of thiazole rings is 1. The standard InChI is InChI=1S/C22H24N4O3S2/c1-15-6-5-13-26(14-15)31(28,29)18-10-8-17(9-11-18)25-21(27)20-16(2)24-22(30-20)19-7-3-4-12-23-19/h3-4,7-12,15H,5-6,13-14H2,1-2H3,(H,25,27). The quantitative estimate of drug-likeness (QED) is 0.622. The number of aromatic nitrogens is 2. The molecule has 9 heteroatoms. The highest BCUT2D eigenvalue weighted by atomic mass is 32.2.